The fourth-order valence-corrected chi connectivity index (χ4v) is 1.88. The lowest BCUT2D eigenvalue weighted by molar-refractivity contribution is -0.132. The molecule has 0 aliphatic rings. The van der Waals surface area contributed by atoms with Gasteiger partial charge in [0.15, 0.2) is 0 Å². The van der Waals surface area contributed by atoms with Crippen LogP contribution >= 0.6 is 0 Å². The minimum Gasteiger partial charge on any atom is -0.394 e. The lowest BCUT2D eigenvalue weighted by Crippen LogP contribution is -2.47. The summed E-state index contributed by atoms with van der Waals surface area (Å²) >= 11 is 0. The minimum atomic E-state index is -1.66. The van der Waals surface area contributed by atoms with Gasteiger partial charge in [-0.1, -0.05) is 32.6 Å². The molecule has 0 rings (SSSR count). The molecule has 6 N–H and O–H groups in total. The van der Waals surface area contributed by atoms with Gasteiger partial charge in [-0.15, -0.1) is 0 Å². The second kappa shape index (κ2) is 12.3. The van der Waals surface area contributed by atoms with Crippen LogP contribution in [0.15, 0.2) is 0 Å². The number of unbranched alkanes of at least 4 members (excludes halogenated alkanes) is 3. The number of aliphatic hydroxyl groups is 6. The summed E-state index contributed by atoms with van der Waals surface area (Å²) < 4.78 is 5.08. The lowest BCUT2D eigenvalue weighted by Gasteiger charge is -2.25. The van der Waals surface area contributed by atoms with Crippen LogP contribution in [0, 0.1) is 0 Å². The molecule has 128 valence electrons. The van der Waals surface area contributed by atoms with Crippen molar-refractivity contribution in [3.63, 3.8) is 0 Å². The monoisotopic (exact) mass is 310 g/mol. The van der Waals surface area contributed by atoms with Gasteiger partial charge in [0.2, 0.25) is 0 Å². The van der Waals surface area contributed by atoms with Gasteiger partial charge in [-0.05, 0) is 6.42 Å². The van der Waals surface area contributed by atoms with Crippen molar-refractivity contribution in [2.75, 3.05) is 19.8 Å². The van der Waals surface area contributed by atoms with E-state index in [1.54, 1.807) is 0 Å². The SMILES string of the molecule is CCCCCCC(O)COC[C@H](O)[C@@H](O)[C@H](O)[C@H](O)CO. The van der Waals surface area contributed by atoms with Gasteiger partial charge in [0.05, 0.1) is 25.9 Å². The van der Waals surface area contributed by atoms with E-state index in [1.165, 1.54) is 0 Å². The molecule has 21 heavy (non-hydrogen) atoms. The summed E-state index contributed by atoms with van der Waals surface area (Å²) in [6.07, 6.45) is -2.02. The van der Waals surface area contributed by atoms with Gasteiger partial charge < -0.3 is 35.4 Å². The van der Waals surface area contributed by atoms with Crippen LogP contribution < -0.4 is 0 Å². The molecule has 0 saturated carbocycles. The highest BCUT2D eigenvalue weighted by atomic mass is 16.5. The molecule has 0 aromatic heterocycles. The molecule has 5 atom stereocenters. The molecule has 7 heteroatoms. The highest BCUT2D eigenvalue weighted by Gasteiger charge is 2.30. The molecule has 0 aromatic carbocycles. The third-order valence-corrected chi connectivity index (χ3v) is 3.32. The normalized spacial score (nSPS) is 19.0. The van der Waals surface area contributed by atoms with Crippen LogP contribution in [0.2, 0.25) is 0 Å². The van der Waals surface area contributed by atoms with Gasteiger partial charge in [0, 0.05) is 0 Å². The number of hydrogen-bond acceptors (Lipinski definition) is 7. The summed E-state index contributed by atoms with van der Waals surface area (Å²) in [5.74, 6) is 0. The van der Waals surface area contributed by atoms with Crippen LogP contribution in [0.5, 0.6) is 0 Å². The Morgan fingerprint density at radius 2 is 1.43 bits per heavy atom. The number of hydrogen-bond donors (Lipinski definition) is 6. The van der Waals surface area contributed by atoms with Gasteiger partial charge in [-0.25, -0.2) is 0 Å². The predicted octanol–water partition coefficient (Wildman–Crippen LogP) is -1.23. The van der Waals surface area contributed by atoms with E-state index in [-0.39, 0.29) is 13.2 Å². The first-order valence-electron chi connectivity index (χ1n) is 7.52. The molecular weight excluding hydrogens is 280 g/mol. The van der Waals surface area contributed by atoms with Gasteiger partial charge in [0.1, 0.15) is 24.4 Å². The summed E-state index contributed by atoms with van der Waals surface area (Å²) in [5, 5.41) is 56.0. The van der Waals surface area contributed by atoms with Crippen molar-refractivity contribution in [1.82, 2.24) is 0 Å². The average molecular weight is 310 g/mol. The quantitative estimate of drug-likeness (QED) is 0.235. The van der Waals surface area contributed by atoms with Crippen LogP contribution in [0.25, 0.3) is 0 Å². The van der Waals surface area contributed by atoms with Gasteiger partial charge in [-0.3, -0.25) is 0 Å². The summed E-state index contributed by atoms with van der Waals surface area (Å²) in [7, 11) is 0. The Kier molecular flexibility index (Phi) is 12.1. The van der Waals surface area contributed by atoms with Crippen molar-refractivity contribution >= 4 is 0 Å². The minimum absolute atomic E-state index is 0.0363. The molecule has 7 nitrogen and oxygen atoms in total. The molecule has 0 aliphatic carbocycles. The molecule has 0 bridgehead atoms. The molecular formula is C14H30O7. The van der Waals surface area contributed by atoms with Crippen LogP contribution in [0.3, 0.4) is 0 Å². The molecule has 0 fully saturated rings. The Hall–Kier alpha value is -0.280. The molecule has 0 spiro atoms. The van der Waals surface area contributed by atoms with Crippen LogP contribution in [0.4, 0.5) is 0 Å². The van der Waals surface area contributed by atoms with Gasteiger partial charge in [0.25, 0.3) is 0 Å². The first-order chi connectivity index (χ1) is 9.93. The van der Waals surface area contributed by atoms with E-state index in [0.717, 1.165) is 25.7 Å². The first-order valence-corrected chi connectivity index (χ1v) is 7.52. The van der Waals surface area contributed by atoms with E-state index in [4.69, 9.17) is 14.9 Å². The van der Waals surface area contributed by atoms with Crippen molar-refractivity contribution in [2.45, 2.75) is 69.5 Å². The highest BCUT2D eigenvalue weighted by Crippen LogP contribution is 2.08. The van der Waals surface area contributed by atoms with Gasteiger partial charge in [-0.2, -0.15) is 0 Å². The van der Waals surface area contributed by atoms with Crippen LogP contribution in [-0.2, 0) is 4.74 Å². The summed E-state index contributed by atoms with van der Waals surface area (Å²) in [6.45, 7) is 1.15. The fraction of sp³-hybridized carbons (Fsp3) is 1.00. The molecule has 0 aromatic rings. The third-order valence-electron chi connectivity index (χ3n) is 3.32. The van der Waals surface area contributed by atoms with Crippen molar-refractivity contribution < 1.29 is 35.4 Å². The van der Waals surface area contributed by atoms with Crippen LogP contribution in [0.1, 0.15) is 39.0 Å². The number of ether oxygens (including phenoxy) is 1. The van der Waals surface area contributed by atoms with Crippen LogP contribution in [-0.4, -0.2) is 81.0 Å². The fourth-order valence-electron chi connectivity index (χ4n) is 1.88. The Balaban J connectivity index is 3.79. The van der Waals surface area contributed by atoms with E-state index in [0.29, 0.717) is 6.42 Å². The lowest BCUT2D eigenvalue weighted by atomic mass is 10.0. The molecule has 0 saturated heterocycles. The first kappa shape index (κ1) is 20.7. The average Bonchev–Trinajstić information content (AvgIpc) is 2.49. The third kappa shape index (κ3) is 9.36. The van der Waals surface area contributed by atoms with Crippen molar-refractivity contribution in [3.8, 4) is 0 Å². The number of rotatable bonds is 13. The molecule has 0 amide bonds. The molecule has 0 radical (unpaired) electrons. The Morgan fingerprint density at radius 3 is 2.00 bits per heavy atom. The Morgan fingerprint density at radius 1 is 0.810 bits per heavy atom. The van der Waals surface area contributed by atoms with E-state index in [9.17, 15) is 20.4 Å². The van der Waals surface area contributed by atoms with Gasteiger partial charge >= 0.3 is 0 Å². The Bertz CT molecular complexity index is 239. The second-order valence-electron chi connectivity index (χ2n) is 5.34. The predicted molar refractivity (Wildman–Crippen MR) is 76.7 cm³/mol. The van der Waals surface area contributed by atoms with E-state index >= 15 is 0 Å². The molecule has 0 aliphatic heterocycles. The standard InChI is InChI=1S/C14H30O7/c1-2-3-4-5-6-10(16)8-21-9-12(18)14(20)13(19)11(17)7-15/h10-20H,2-9H2,1H3/t10?,11-,12+,13-,14-/m1/s1. The zero-order chi connectivity index (χ0) is 16.3. The maximum absolute atomic E-state index is 9.64. The Labute approximate surface area is 125 Å². The maximum Gasteiger partial charge on any atom is 0.111 e. The highest BCUT2D eigenvalue weighted by molar-refractivity contribution is 4.80. The molecule has 1 unspecified atom stereocenters. The maximum atomic E-state index is 9.64. The zero-order valence-electron chi connectivity index (χ0n) is 12.6. The van der Waals surface area contributed by atoms with E-state index in [1.807, 2.05) is 0 Å². The topological polar surface area (TPSA) is 131 Å². The molecule has 0 heterocycles. The zero-order valence-corrected chi connectivity index (χ0v) is 12.6. The van der Waals surface area contributed by atoms with Crippen molar-refractivity contribution in [3.05, 3.63) is 0 Å². The van der Waals surface area contributed by atoms with Crippen molar-refractivity contribution in [1.29, 1.82) is 0 Å². The largest absolute Gasteiger partial charge is 0.394 e. The summed E-state index contributed by atoms with van der Waals surface area (Å²) in [6, 6.07) is 0. The summed E-state index contributed by atoms with van der Waals surface area (Å²) in [4.78, 5) is 0. The smallest absolute Gasteiger partial charge is 0.111 e. The van der Waals surface area contributed by atoms with E-state index in [2.05, 4.69) is 6.92 Å². The second-order valence-corrected chi connectivity index (χ2v) is 5.34. The van der Waals surface area contributed by atoms with E-state index < -0.39 is 37.1 Å². The van der Waals surface area contributed by atoms with Crippen molar-refractivity contribution in [2.24, 2.45) is 0 Å². The summed E-state index contributed by atoms with van der Waals surface area (Å²) in [5.41, 5.74) is 0. The number of aliphatic hydroxyl groups excluding tert-OH is 6.